The monoisotopic (exact) mass is 581 g/mol. The zero-order valence-electron chi connectivity index (χ0n) is 22.8. The van der Waals surface area contributed by atoms with Gasteiger partial charge in [0.15, 0.2) is 0 Å². The van der Waals surface area contributed by atoms with Gasteiger partial charge in [0, 0.05) is 29.2 Å². The zero-order valence-corrected chi connectivity index (χ0v) is 24.5. The highest BCUT2D eigenvalue weighted by atomic mass is 32.2. The summed E-state index contributed by atoms with van der Waals surface area (Å²) in [6, 6.07) is 27.7. The van der Waals surface area contributed by atoms with Gasteiger partial charge in [0.25, 0.3) is 10.0 Å². The number of carbonyl (C=O) groups is 1. The Kier molecular flexibility index (Phi) is 8.70. The number of sulfonamides is 1. The summed E-state index contributed by atoms with van der Waals surface area (Å²) in [7, 11) is -3.99. The topological polar surface area (TPSA) is 91.1 Å². The third-order valence-corrected chi connectivity index (χ3v) is 9.86. The summed E-state index contributed by atoms with van der Waals surface area (Å²) in [5, 5.41) is 3.92. The van der Waals surface area contributed by atoms with Gasteiger partial charge in [-0.3, -0.25) is 4.79 Å². The average molecular weight is 582 g/mol. The maximum absolute atomic E-state index is 13.5. The quantitative estimate of drug-likeness (QED) is 0.194. The molecule has 5 rings (SSSR count). The van der Waals surface area contributed by atoms with Gasteiger partial charge in [-0.05, 0) is 60.7 Å². The van der Waals surface area contributed by atoms with Gasteiger partial charge in [0.05, 0.1) is 4.88 Å². The van der Waals surface area contributed by atoms with E-state index in [0.717, 1.165) is 44.5 Å². The van der Waals surface area contributed by atoms with Gasteiger partial charge >= 0.3 is 0 Å². The van der Waals surface area contributed by atoms with Crippen molar-refractivity contribution in [3.8, 4) is 11.8 Å². The number of thiophene rings is 1. The van der Waals surface area contributed by atoms with Crippen molar-refractivity contribution in [1.29, 1.82) is 0 Å². The fraction of sp³-hybridized carbons (Fsp3) is 0.182. The lowest BCUT2D eigenvalue weighted by molar-refractivity contribution is -0.122. The summed E-state index contributed by atoms with van der Waals surface area (Å²) in [5.74, 6) is 5.81. The molecule has 0 aliphatic rings. The summed E-state index contributed by atoms with van der Waals surface area (Å²) in [6.45, 7) is 4.42. The molecule has 3 aromatic carbocycles. The molecule has 2 unspecified atom stereocenters. The predicted molar refractivity (Wildman–Crippen MR) is 165 cm³/mol. The molecule has 8 heteroatoms. The first-order valence-corrected chi connectivity index (χ1v) is 15.7. The average Bonchev–Trinajstić information content (AvgIpc) is 3.64. The van der Waals surface area contributed by atoms with Crippen LogP contribution >= 0.6 is 11.3 Å². The molecule has 3 N–H and O–H groups in total. The molecular weight excluding hydrogens is 551 g/mol. The number of para-hydroxylation sites is 1. The summed E-state index contributed by atoms with van der Waals surface area (Å²) in [6.07, 6.45) is 2.02. The van der Waals surface area contributed by atoms with Crippen LogP contribution in [0.1, 0.15) is 40.0 Å². The molecule has 0 spiro atoms. The smallest absolute Gasteiger partial charge is 0.250 e. The molecule has 0 aliphatic heterocycles. The van der Waals surface area contributed by atoms with Crippen LogP contribution in [-0.2, 0) is 21.2 Å². The van der Waals surface area contributed by atoms with Gasteiger partial charge in [-0.15, -0.1) is 11.3 Å². The third kappa shape index (κ3) is 7.14. The number of aromatic amines is 1. The van der Waals surface area contributed by atoms with E-state index >= 15 is 0 Å². The van der Waals surface area contributed by atoms with Crippen molar-refractivity contribution in [1.82, 2.24) is 15.0 Å². The standard InChI is InChI=1S/C33H31N3O3S2/c1-23-12-14-25(15-13-23)16-17-28-18-19-32(40-28)41(38,39)36-31(20-27-22-34-30-11-7-6-10-29(27)30)33(37)35-21-24(2)26-8-4-3-5-9-26/h3-15,18-19,22,24,31,34,36H,20-21H2,1-2H3,(H,35,37). The summed E-state index contributed by atoms with van der Waals surface area (Å²) >= 11 is 1.08. The Morgan fingerprint density at radius 1 is 0.927 bits per heavy atom. The van der Waals surface area contributed by atoms with Crippen LogP contribution in [0.3, 0.4) is 0 Å². The molecule has 41 heavy (non-hydrogen) atoms. The summed E-state index contributed by atoms with van der Waals surface area (Å²) in [4.78, 5) is 17.3. The Balaban J connectivity index is 1.35. The van der Waals surface area contributed by atoms with Crippen LogP contribution in [0, 0.1) is 18.8 Å². The van der Waals surface area contributed by atoms with Crippen molar-refractivity contribution in [2.75, 3.05) is 6.54 Å². The molecule has 1 amide bonds. The highest BCUT2D eigenvalue weighted by molar-refractivity contribution is 7.91. The van der Waals surface area contributed by atoms with E-state index in [9.17, 15) is 13.2 Å². The lowest BCUT2D eigenvalue weighted by Gasteiger charge is -2.20. The minimum Gasteiger partial charge on any atom is -0.361 e. The van der Waals surface area contributed by atoms with Crippen molar-refractivity contribution in [2.45, 2.75) is 36.4 Å². The SMILES string of the molecule is Cc1ccc(C#Cc2ccc(S(=O)(=O)NC(Cc3c[nH]c4ccccc34)C(=O)NCC(C)c3ccccc3)s2)cc1. The third-order valence-electron chi connectivity index (χ3n) is 6.89. The second-order valence-corrected chi connectivity index (χ2v) is 13.1. The summed E-state index contributed by atoms with van der Waals surface area (Å²) in [5.41, 5.74) is 4.88. The Hall–Kier alpha value is -4.16. The molecule has 0 fully saturated rings. The molecule has 208 valence electrons. The van der Waals surface area contributed by atoms with Crippen molar-refractivity contribution >= 4 is 38.2 Å². The Bertz CT molecular complexity index is 1810. The first kappa shape index (κ1) is 28.4. The van der Waals surface area contributed by atoms with E-state index < -0.39 is 16.1 Å². The maximum Gasteiger partial charge on any atom is 0.250 e. The van der Waals surface area contributed by atoms with Gasteiger partial charge in [0.1, 0.15) is 10.3 Å². The number of fused-ring (bicyclic) bond motifs is 1. The van der Waals surface area contributed by atoms with Crippen LogP contribution in [0.15, 0.2) is 101 Å². The summed E-state index contributed by atoms with van der Waals surface area (Å²) < 4.78 is 29.8. The fourth-order valence-electron chi connectivity index (χ4n) is 4.53. The van der Waals surface area contributed by atoms with Crippen LogP contribution in [-0.4, -0.2) is 31.9 Å². The van der Waals surface area contributed by atoms with E-state index in [0.29, 0.717) is 11.4 Å². The number of amides is 1. The first-order chi connectivity index (χ1) is 19.8. The number of hydrogen-bond acceptors (Lipinski definition) is 4. The van der Waals surface area contributed by atoms with E-state index in [2.05, 4.69) is 26.9 Å². The largest absolute Gasteiger partial charge is 0.361 e. The van der Waals surface area contributed by atoms with Gasteiger partial charge in [0.2, 0.25) is 5.91 Å². The van der Waals surface area contributed by atoms with Crippen LogP contribution < -0.4 is 10.0 Å². The van der Waals surface area contributed by atoms with Crippen LogP contribution in [0.4, 0.5) is 0 Å². The van der Waals surface area contributed by atoms with Gasteiger partial charge in [-0.1, -0.05) is 85.0 Å². The van der Waals surface area contributed by atoms with Crippen LogP contribution in [0.25, 0.3) is 10.9 Å². The van der Waals surface area contributed by atoms with E-state index in [-0.39, 0.29) is 22.5 Å². The second kappa shape index (κ2) is 12.6. The van der Waals surface area contributed by atoms with Crippen molar-refractivity contribution in [3.63, 3.8) is 0 Å². The van der Waals surface area contributed by atoms with Crippen molar-refractivity contribution < 1.29 is 13.2 Å². The number of carbonyl (C=O) groups excluding carboxylic acids is 1. The minimum atomic E-state index is -3.99. The van der Waals surface area contributed by atoms with E-state index in [1.54, 1.807) is 6.07 Å². The molecule has 0 radical (unpaired) electrons. The number of H-pyrrole nitrogens is 1. The molecule has 2 heterocycles. The molecule has 2 aromatic heterocycles. The molecule has 0 saturated carbocycles. The Labute approximate surface area is 244 Å². The van der Waals surface area contributed by atoms with Crippen molar-refractivity contribution in [3.05, 3.63) is 124 Å². The maximum atomic E-state index is 13.5. The predicted octanol–water partition coefficient (Wildman–Crippen LogP) is 5.75. The lowest BCUT2D eigenvalue weighted by Crippen LogP contribution is -2.48. The Morgan fingerprint density at radius 2 is 1.66 bits per heavy atom. The zero-order chi connectivity index (χ0) is 28.8. The lowest BCUT2D eigenvalue weighted by atomic mass is 10.0. The number of aromatic nitrogens is 1. The van der Waals surface area contributed by atoms with E-state index in [4.69, 9.17) is 0 Å². The highest BCUT2D eigenvalue weighted by Gasteiger charge is 2.28. The molecule has 6 nitrogen and oxygen atoms in total. The molecule has 0 aliphatic carbocycles. The normalized spacial score (nSPS) is 12.8. The number of rotatable bonds is 9. The molecule has 2 atom stereocenters. The fourth-order valence-corrected chi connectivity index (χ4v) is 6.90. The van der Waals surface area contributed by atoms with Gasteiger partial charge < -0.3 is 10.3 Å². The number of benzene rings is 3. The molecular formula is C33H31N3O3S2. The van der Waals surface area contributed by atoms with Crippen LogP contribution in [0.2, 0.25) is 0 Å². The highest BCUT2D eigenvalue weighted by Crippen LogP contribution is 2.23. The number of hydrogen-bond donors (Lipinski definition) is 3. The second-order valence-electron chi connectivity index (χ2n) is 10.0. The molecule has 5 aromatic rings. The first-order valence-electron chi connectivity index (χ1n) is 13.4. The molecule has 0 saturated heterocycles. The van der Waals surface area contributed by atoms with Gasteiger partial charge in [-0.25, -0.2) is 8.42 Å². The number of nitrogens with one attached hydrogen (secondary N) is 3. The Morgan fingerprint density at radius 3 is 2.44 bits per heavy atom. The van der Waals surface area contributed by atoms with E-state index in [1.807, 2.05) is 98.9 Å². The van der Waals surface area contributed by atoms with Crippen molar-refractivity contribution in [2.24, 2.45) is 0 Å². The number of aryl methyl sites for hydroxylation is 1. The molecule has 0 bridgehead atoms. The van der Waals surface area contributed by atoms with Crippen LogP contribution in [0.5, 0.6) is 0 Å². The van der Waals surface area contributed by atoms with E-state index in [1.165, 1.54) is 6.07 Å². The van der Waals surface area contributed by atoms with Gasteiger partial charge in [-0.2, -0.15) is 4.72 Å². The minimum absolute atomic E-state index is 0.0671.